The number of hydrogen-bond acceptors (Lipinski definition) is 7. The first kappa shape index (κ1) is 21.0. The molecule has 29 heavy (non-hydrogen) atoms. The third kappa shape index (κ3) is 5.64. The molecule has 0 aliphatic rings. The molecule has 2 amide bonds. The number of nitrogens with zero attached hydrogens (tertiary/aromatic N) is 4. The molecule has 0 bridgehead atoms. The SMILES string of the molecule is Cc1ccc(NC(=O)Cc2nnc(S[C@@H](C)C(=O)Nc3nc(C)cs3)n2C)cc1. The van der Waals surface area contributed by atoms with Crippen LogP contribution >= 0.6 is 23.1 Å². The van der Waals surface area contributed by atoms with E-state index in [9.17, 15) is 9.59 Å². The Bertz CT molecular complexity index is 1010. The zero-order valence-electron chi connectivity index (χ0n) is 16.6. The summed E-state index contributed by atoms with van der Waals surface area (Å²) in [5, 5.41) is 16.5. The van der Waals surface area contributed by atoms with Crippen LogP contribution in [0.5, 0.6) is 0 Å². The predicted molar refractivity (Wildman–Crippen MR) is 115 cm³/mol. The van der Waals surface area contributed by atoms with Crippen molar-refractivity contribution in [3.63, 3.8) is 0 Å². The third-order valence-electron chi connectivity index (χ3n) is 4.08. The second-order valence-electron chi connectivity index (χ2n) is 6.59. The van der Waals surface area contributed by atoms with E-state index in [1.165, 1.54) is 23.1 Å². The van der Waals surface area contributed by atoms with Crippen LogP contribution in [0.15, 0.2) is 34.8 Å². The van der Waals surface area contributed by atoms with E-state index < -0.39 is 5.25 Å². The van der Waals surface area contributed by atoms with Crippen molar-refractivity contribution in [2.75, 3.05) is 10.6 Å². The lowest BCUT2D eigenvalue weighted by Crippen LogP contribution is -2.23. The van der Waals surface area contributed by atoms with Crippen LogP contribution in [-0.4, -0.2) is 36.8 Å². The zero-order valence-corrected chi connectivity index (χ0v) is 18.2. The summed E-state index contributed by atoms with van der Waals surface area (Å²) < 4.78 is 1.73. The number of thioether (sulfide) groups is 1. The van der Waals surface area contributed by atoms with Gasteiger partial charge in [-0.2, -0.15) is 0 Å². The fraction of sp³-hybridized carbons (Fsp3) is 0.316. The van der Waals surface area contributed by atoms with E-state index in [4.69, 9.17) is 0 Å². The highest BCUT2D eigenvalue weighted by atomic mass is 32.2. The zero-order chi connectivity index (χ0) is 21.0. The number of rotatable bonds is 7. The molecule has 3 aromatic rings. The predicted octanol–water partition coefficient (Wildman–Crippen LogP) is 3.19. The number of hydrogen-bond donors (Lipinski definition) is 2. The van der Waals surface area contributed by atoms with Gasteiger partial charge in [0.1, 0.15) is 5.82 Å². The summed E-state index contributed by atoms with van der Waals surface area (Å²) >= 11 is 2.67. The molecule has 0 aliphatic carbocycles. The topological polar surface area (TPSA) is 102 Å². The van der Waals surface area contributed by atoms with Gasteiger partial charge in [-0.15, -0.1) is 21.5 Å². The molecule has 0 unspecified atom stereocenters. The smallest absolute Gasteiger partial charge is 0.239 e. The molecule has 3 rings (SSSR count). The van der Waals surface area contributed by atoms with Crippen LogP contribution in [-0.2, 0) is 23.1 Å². The molecule has 0 spiro atoms. The number of thiazole rings is 1. The molecule has 152 valence electrons. The second kappa shape index (κ2) is 9.19. The minimum atomic E-state index is -0.392. The maximum atomic E-state index is 12.4. The van der Waals surface area contributed by atoms with E-state index in [0.29, 0.717) is 16.1 Å². The van der Waals surface area contributed by atoms with Crippen LogP contribution < -0.4 is 10.6 Å². The Kier molecular flexibility index (Phi) is 6.65. The van der Waals surface area contributed by atoms with Gasteiger partial charge in [-0.3, -0.25) is 9.59 Å². The Labute approximate surface area is 177 Å². The molecular weight excluding hydrogens is 408 g/mol. The molecule has 0 fully saturated rings. The Morgan fingerprint density at radius 1 is 1.17 bits per heavy atom. The van der Waals surface area contributed by atoms with Crippen molar-refractivity contribution in [3.05, 3.63) is 46.7 Å². The number of aryl methyl sites for hydroxylation is 2. The Morgan fingerprint density at radius 3 is 2.55 bits per heavy atom. The van der Waals surface area contributed by atoms with Crippen molar-refractivity contribution in [2.45, 2.75) is 37.6 Å². The van der Waals surface area contributed by atoms with Crippen molar-refractivity contribution in [2.24, 2.45) is 7.05 Å². The number of anilines is 2. The van der Waals surface area contributed by atoms with Crippen LogP contribution in [0.3, 0.4) is 0 Å². The third-order valence-corrected chi connectivity index (χ3v) is 6.09. The minimum Gasteiger partial charge on any atom is -0.326 e. The van der Waals surface area contributed by atoms with Gasteiger partial charge in [-0.05, 0) is 32.9 Å². The van der Waals surface area contributed by atoms with E-state index >= 15 is 0 Å². The fourth-order valence-electron chi connectivity index (χ4n) is 2.42. The summed E-state index contributed by atoms with van der Waals surface area (Å²) in [6.07, 6.45) is 0.0942. The Hall–Kier alpha value is -2.72. The molecule has 2 heterocycles. The highest BCUT2D eigenvalue weighted by Crippen LogP contribution is 2.23. The molecule has 1 aromatic carbocycles. The van der Waals surface area contributed by atoms with Gasteiger partial charge in [0, 0.05) is 18.1 Å². The van der Waals surface area contributed by atoms with E-state index in [1.807, 2.05) is 43.5 Å². The molecular formula is C19H22N6O2S2. The molecule has 8 nitrogen and oxygen atoms in total. The lowest BCUT2D eigenvalue weighted by Gasteiger charge is -2.10. The molecule has 0 aliphatic heterocycles. The number of nitrogens with one attached hydrogen (secondary N) is 2. The first-order chi connectivity index (χ1) is 13.8. The van der Waals surface area contributed by atoms with Gasteiger partial charge in [-0.25, -0.2) is 4.98 Å². The van der Waals surface area contributed by atoms with Crippen molar-refractivity contribution in [3.8, 4) is 0 Å². The van der Waals surface area contributed by atoms with Gasteiger partial charge in [0.05, 0.1) is 17.4 Å². The highest BCUT2D eigenvalue weighted by molar-refractivity contribution is 8.00. The number of benzene rings is 1. The van der Waals surface area contributed by atoms with Gasteiger partial charge in [0.15, 0.2) is 10.3 Å². The molecule has 0 radical (unpaired) electrons. The maximum Gasteiger partial charge on any atom is 0.239 e. The standard InChI is InChI=1S/C19H22N6O2S2/c1-11-5-7-14(8-6-11)21-16(26)9-15-23-24-19(25(15)4)29-13(3)17(27)22-18-20-12(2)10-28-18/h5-8,10,13H,9H2,1-4H3,(H,21,26)(H,20,22,27)/t13-/m0/s1. The van der Waals surface area contributed by atoms with E-state index in [1.54, 1.807) is 18.5 Å². The minimum absolute atomic E-state index is 0.0942. The molecule has 1 atom stereocenters. The summed E-state index contributed by atoms with van der Waals surface area (Å²) in [5.41, 5.74) is 2.73. The number of amides is 2. The van der Waals surface area contributed by atoms with Crippen molar-refractivity contribution in [1.29, 1.82) is 0 Å². The van der Waals surface area contributed by atoms with Crippen LogP contribution in [0.1, 0.15) is 24.0 Å². The summed E-state index contributed by atoms with van der Waals surface area (Å²) in [6.45, 7) is 5.66. The second-order valence-corrected chi connectivity index (χ2v) is 8.76. The molecule has 10 heteroatoms. The average Bonchev–Trinajstić information content (AvgIpc) is 3.23. The lowest BCUT2D eigenvalue weighted by atomic mass is 10.2. The number of carbonyl (C=O) groups is 2. The Morgan fingerprint density at radius 2 is 1.90 bits per heavy atom. The molecule has 0 saturated heterocycles. The van der Waals surface area contributed by atoms with Crippen molar-refractivity contribution >= 4 is 45.7 Å². The number of carbonyl (C=O) groups excluding carboxylic acids is 2. The maximum absolute atomic E-state index is 12.4. The van der Waals surface area contributed by atoms with Crippen molar-refractivity contribution < 1.29 is 9.59 Å². The fourth-order valence-corrected chi connectivity index (χ4v) is 3.94. The lowest BCUT2D eigenvalue weighted by molar-refractivity contribution is -0.116. The average molecular weight is 431 g/mol. The monoisotopic (exact) mass is 430 g/mol. The van der Waals surface area contributed by atoms with Crippen molar-refractivity contribution in [1.82, 2.24) is 19.7 Å². The summed E-state index contributed by atoms with van der Waals surface area (Å²) in [7, 11) is 1.78. The number of aromatic nitrogens is 4. The van der Waals surface area contributed by atoms with Crippen LogP contribution in [0.4, 0.5) is 10.8 Å². The normalized spacial score (nSPS) is 11.9. The summed E-state index contributed by atoms with van der Waals surface area (Å²) in [5.74, 6) is 0.192. The van der Waals surface area contributed by atoms with Gasteiger partial charge >= 0.3 is 0 Å². The first-order valence-corrected chi connectivity index (χ1v) is 10.7. The Balaban J connectivity index is 1.57. The van der Waals surface area contributed by atoms with Gasteiger partial charge in [0.25, 0.3) is 0 Å². The van der Waals surface area contributed by atoms with Gasteiger partial charge < -0.3 is 15.2 Å². The quantitative estimate of drug-likeness (QED) is 0.558. The first-order valence-electron chi connectivity index (χ1n) is 8.96. The van der Waals surface area contributed by atoms with E-state index in [2.05, 4.69) is 25.8 Å². The molecule has 2 aromatic heterocycles. The highest BCUT2D eigenvalue weighted by Gasteiger charge is 2.20. The van der Waals surface area contributed by atoms with Gasteiger partial charge in [0.2, 0.25) is 11.8 Å². The van der Waals surface area contributed by atoms with E-state index in [0.717, 1.165) is 16.9 Å². The van der Waals surface area contributed by atoms with Gasteiger partial charge in [-0.1, -0.05) is 29.5 Å². The van der Waals surface area contributed by atoms with E-state index in [-0.39, 0.29) is 18.2 Å². The largest absolute Gasteiger partial charge is 0.326 e. The summed E-state index contributed by atoms with van der Waals surface area (Å²) in [6, 6.07) is 7.59. The van der Waals surface area contributed by atoms with Crippen LogP contribution in [0.25, 0.3) is 0 Å². The molecule has 0 saturated carbocycles. The summed E-state index contributed by atoms with van der Waals surface area (Å²) in [4.78, 5) is 28.9. The van der Waals surface area contributed by atoms with Crippen LogP contribution in [0, 0.1) is 13.8 Å². The van der Waals surface area contributed by atoms with Crippen LogP contribution in [0.2, 0.25) is 0 Å². The molecule has 2 N–H and O–H groups in total.